The number of sulfone groups is 1. The molecule has 0 saturated heterocycles. The highest BCUT2D eigenvalue weighted by atomic mass is 32.2. The van der Waals surface area contributed by atoms with Crippen molar-refractivity contribution in [1.29, 1.82) is 0 Å². The lowest BCUT2D eigenvalue weighted by Crippen LogP contribution is -2.42. The number of aliphatic carboxylic acids is 1. The Morgan fingerprint density at radius 1 is 1.44 bits per heavy atom. The van der Waals surface area contributed by atoms with Gasteiger partial charge in [0.2, 0.25) is 0 Å². The van der Waals surface area contributed by atoms with Crippen LogP contribution in [0.4, 0.5) is 4.79 Å². The normalized spacial score (nSPS) is 12.9. The Hall–Kier alpha value is -1.31. The van der Waals surface area contributed by atoms with Gasteiger partial charge in [-0.25, -0.2) is 18.0 Å². The summed E-state index contributed by atoms with van der Waals surface area (Å²) in [6.07, 6.45) is -0.0631. The molecule has 7 nitrogen and oxygen atoms in total. The molecule has 0 bridgehead atoms. The Labute approximate surface area is 93.7 Å². The number of nitrogens with one attached hydrogen (secondary N) is 1. The maximum Gasteiger partial charge on any atom is 0.407 e. The summed E-state index contributed by atoms with van der Waals surface area (Å²) in [4.78, 5) is 21.6. The zero-order chi connectivity index (χ0) is 12.8. The van der Waals surface area contributed by atoms with Crippen LogP contribution in [0.3, 0.4) is 0 Å². The van der Waals surface area contributed by atoms with Crippen molar-refractivity contribution in [2.45, 2.75) is 19.4 Å². The van der Waals surface area contributed by atoms with E-state index >= 15 is 0 Å². The largest absolute Gasteiger partial charge is 0.480 e. The first-order valence-corrected chi connectivity index (χ1v) is 6.66. The molecule has 0 aliphatic rings. The first-order valence-electron chi connectivity index (χ1n) is 4.60. The van der Waals surface area contributed by atoms with E-state index in [1.807, 2.05) is 0 Å². The number of rotatable bonds is 6. The number of hydrogen-bond donors (Lipinski definition) is 2. The van der Waals surface area contributed by atoms with E-state index in [0.29, 0.717) is 0 Å². The first-order chi connectivity index (χ1) is 7.26. The summed E-state index contributed by atoms with van der Waals surface area (Å²) in [5.41, 5.74) is 0. The maximum absolute atomic E-state index is 10.9. The molecule has 0 heterocycles. The van der Waals surface area contributed by atoms with Crippen molar-refractivity contribution in [1.82, 2.24) is 5.32 Å². The number of carboxylic acid groups (broad SMARTS) is 1. The van der Waals surface area contributed by atoms with Crippen LogP contribution in [0.25, 0.3) is 0 Å². The molecule has 1 amide bonds. The molecule has 2 N–H and O–H groups in total. The number of ether oxygens (including phenoxy) is 1. The van der Waals surface area contributed by atoms with Crippen molar-refractivity contribution in [3.63, 3.8) is 0 Å². The molecule has 0 radical (unpaired) electrons. The third-order valence-electron chi connectivity index (χ3n) is 1.64. The van der Waals surface area contributed by atoms with Gasteiger partial charge in [-0.05, 0) is 13.3 Å². The monoisotopic (exact) mass is 253 g/mol. The summed E-state index contributed by atoms with van der Waals surface area (Å²) < 4.78 is 26.2. The van der Waals surface area contributed by atoms with Gasteiger partial charge in [-0.2, -0.15) is 0 Å². The highest BCUT2D eigenvalue weighted by molar-refractivity contribution is 7.90. The van der Waals surface area contributed by atoms with Gasteiger partial charge in [-0.1, -0.05) is 0 Å². The summed E-state index contributed by atoms with van der Waals surface area (Å²) in [6.45, 7) is 1.69. The van der Waals surface area contributed by atoms with Crippen molar-refractivity contribution >= 4 is 21.9 Å². The summed E-state index contributed by atoms with van der Waals surface area (Å²) in [7, 11) is -3.26. The highest BCUT2D eigenvalue weighted by Gasteiger charge is 2.21. The third-order valence-corrected chi connectivity index (χ3v) is 2.62. The van der Waals surface area contributed by atoms with E-state index < -0.39 is 27.9 Å². The molecule has 0 spiro atoms. The van der Waals surface area contributed by atoms with E-state index in [-0.39, 0.29) is 18.8 Å². The fourth-order valence-corrected chi connectivity index (χ4v) is 1.57. The SMILES string of the molecule is CCOC(=O)NC(CCS(C)(=O)=O)C(=O)O. The molecule has 0 saturated carbocycles. The Kier molecular flexibility index (Phi) is 5.79. The average Bonchev–Trinajstić information content (AvgIpc) is 2.10. The Bertz CT molecular complexity index is 350. The molecule has 0 aromatic carbocycles. The standard InChI is InChI=1S/C8H15NO6S/c1-3-15-8(12)9-6(7(10)11)4-5-16(2,13)14/h6H,3-5H2,1-2H3,(H,9,12)(H,10,11). The highest BCUT2D eigenvalue weighted by Crippen LogP contribution is 1.97. The second-order valence-electron chi connectivity index (χ2n) is 3.17. The van der Waals surface area contributed by atoms with Crippen LogP contribution in [-0.2, 0) is 19.4 Å². The lowest BCUT2D eigenvalue weighted by molar-refractivity contribution is -0.139. The summed E-state index contributed by atoms with van der Waals surface area (Å²) in [5.74, 6) is -1.60. The van der Waals surface area contributed by atoms with Crippen LogP contribution in [-0.4, -0.2) is 50.2 Å². The zero-order valence-corrected chi connectivity index (χ0v) is 9.91. The Balaban J connectivity index is 4.29. The molecule has 0 aliphatic carbocycles. The van der Waals surface area contributed by atoms with Crippen LogP contribution in [0.5, 0.6) is 0 Å². The van der Waals surface area contributed by atoms with Crippen molar-refractivity contribution in [2.24, 2.45) is 0 Å². The van der Waals surface area contributed by atoms with Gasteiger partial charge in [-0.15, -0.1) is 0 Å². The number of hydrogen-bond acceptors (Lipinski definition) is 5. The lowest BCUT2D eigenvalue weighted by Gasteiger charge is -2.13. The topological polar surface area (TPSA) is 110 Å². The predicted octanol–water partition coefficient (Wildman–Crippen LogP) is -0.380. The minimum absolute atomic E-state index is 0.115. The van der Waals surface area contributed by atoms with Crippen molar-refractivity contribution < 1.29 is 27.9 Å². The van der Waals surface area contributed by atoms with Crippen LogP contribution >= 0.6 is 0 Å². The van der Waals surface area contributed by atoms with Crippen LogP contribution in [0, 0.1) is 0 Å². The fourth-order valence-electron chi connectivity index (χ4n) is 0.904. The molecule has 1 unspecified atom stereocenters. The van der Waals surface area contributed by atoms with Crippen molar-refractivity contribution in [3.8, 4) is 0 Å². The van der Waals surface area contributed by atoms with Gasteiger partial charge in [0.15, 0.2) is 0 Å². The first kappa shape index (κ1) is 14.7. The Morgan fingerprint density at radius 2 is 2.00 bits per heavy atom. The fraction of sp³-hybridized carbons (Fsp3) is 0.750. The molecule has 1 atom stereocenters. The lowest BCUT2D eigenvalue weighted by atomic mass is 10.2. The van der Waals surface area contributed by atoms with Crippen LogP contribution in [0.15, 0.2) is 0 Å². The van der Waals surface area contributed by atoms with Crippen molar-refractivity contribution in [2.75, 3.05) is 18.6 Å². The number of carboxylic acids is 1. The Morgan fingerprint density at radius 3 is 2.38 bits per heavy atom. The summed E-state index contributed by atoms with van der Waals surface area (Å²) in [5, 5.41) is 10.8. The van der Waals surface area contributed by atoms with E-state index in [4.69, 9.17) is 5.11 Å². The van der Waals surface area contributed by atoms with E-state index in [0.717, 1.165) is 6.26 Å². The second-order valence-corrected chi connectivity index (χ2v) is 5.43. The van der Waals surface area contributed by atoms with Gasteiger partial charge < -0.3 is 15.2 Å². The molecule has 0 aliphatic heterocycles. The molecule has 0 aromatic rings. The average molecular weight is 253 g/mol. The van der Waals surface area contributed by atoms with Gasteiger partial charge in [0.1, 0.15) is 15.9 Å². The molecular weight excluding hydrogens is 238 g/mol. The molecule has 0 aromatic heterocycles. The number of carbonyl (C=O) groups is 2. The molecule has 94 valence electrons. The molecule has 0 rings (SSSR count). The van der Waals surface area contributed by atoms with Gasteiger partial charge in [0.25, 0.3) is 0 Å². The number of alkyl carbamates (subject to hydrolysis) is 1. The van der Waals surface area contributed by atoms with Crippen LogP contribution in [0.1, 0.15) is 13.3 Å². The zero-order valence-electron chi connectivity index (χ0n) is 9.10. The van der Waals surface area contributed by atoms with E-state index in [1.54, 1.807) is 6.92 Å². The van der Waals surface area contributed by atoms with Crippen LogP contribution in [0.2, 0.25) is 0 Å². The van der Waals surface area contributed by atoms with E-state index in [2.05, 4.69) is 10.1 Å². The quantitative estimate of drug-likeness (QED) is 0.667. The van der Waals surface area contributed by atoms with E-state index in [9.17, 15) is 18.0 Å². The molecule has 0 fully saturated rings. The number of carbonyl (C=O) groups excluding carboxylic acids is 1. The van der Waals surface area contributed by atoms with E-state index in [1.165, 1.54) is 0 Å². The predicted molar refractivity (Wildman–Crippen MR) is 55.9 cm³/mol. The van der Waals surface area contributed by atoms with Gasteiger partial charge in [-0.3, -0.25) is 0 Å². The second kappa shape index (κ2) is 6.31. The van der Waals surface area contributed by atoms with Crippen LogP contribution < -0.4 is 5.32 Å². The van der Waals surface area contributed by atoms with Crippen molar-refractivity contribution in [3.05, 3.63) is 0 Å². The minimum atomic E-state index is -3.26. The summed E-state index contributed by atoms with van der Waals surface area (Å²) in [6, 6.07) is -1.26. The van der Waals surface area contributed by atoms with Gasteiger partial charge >= 0.3 is 12.1 Å². The third kappa shape index (κ3) is 7.04. The maximum atomic E-state index is 10.9. The smallest absolute Gasteiger partial charge is 0.407 e. The molecule has 16 heavy (non-hydrogen) atoms. The summed E-state index contributed by atoms with van der Waals surface area (Å²) >= 11 is 0. The van der Waals surface area contributed by atoms with Gasteiger partial charge in [0, 0.05) is 6.26 Å². The minimum Gasteiger partial charge on any atom is -0.480 e. The molecule has 8 heteroatoms. The van der Waals surface area contributed by atoms with Gasteiger partial charge in [0.05, 0.1) is 12.4 Å². The number of amides is 1. The molecular formula is C8H15NO6S.